The van der Waals surface area contributed by atoms with E-state index in [4.69, 9.17) is 0 Å². The van der Waals surface area contributed by atoms with Gasteiger partial charge in [0.1, 0.15) is 17.4 Å². The van der Waals surface area contributed by atoms with Crippen molar-refractivity contribution in [3.05, 3.63) is 11.8 Å². The first-order valence-electron chi connectivity index (χ1n) is 9.24. The van der Waals surface area contributed by atoms with Crippen molar-refractivity contribution in [3.8, 4) is 6.07 Å². The van der Waals surface area contributed by atoms with Gasteiger partial charge >= 0.3 is 0 Å². The van der Waals surface area contributed by atoms with Crippen LogP contribution < -0.4 is 0 Å². The van der Waals surface area contributed by atoms with Crippen LogP contribution >= 0.6 is 0 Å². The number of aliphatic imine (C=N–C) groups is 1. The Kier molecular flexibility index (Phi) is 7.17. The Hall–Kier alpha value is -1.96. The van der Waals surface area contributed by atoms with Crippen molar-refractivity contribution < 1.29 is 4.79 Å². The monoisotopic (exact) mass is 328 g/mol. The lowest BCUT2D eigenvalue weighted by Crippen LogP contribution is -2.25. The van der Waals surface area contributed by atoms with Crippen molar-refractivity contribution in [3.63, 3.8) is 0 Å². The third-order valence-electron chi connectivity index (χ3n) is 4.69. The predicted molar refractivity (Wildman–Crippen MR) is 95.4 cm³/mol. The molecule has 0 saturated heterocycles. The van der Waals surface area contributed by atoms with Crippen molar-refractivity contribution in [2.75, 3.05) is 0 Å². The molecular weight excluding hydrogens is 300 g/mol. The number of nitriles is 1. The van der Waals surface area contributed by atoms with Gasteiger partial charge in [-0.1, -0.05) is 39.5 Å². The molecule has 0 bridgehead atoms. The highest BCUT2D eigenvalue weighted by Gasteiger charge is 2.25. The molecule has 5 heteroatoms. The quantitative estimate of drug-likeness (QED) is 0.656. The van der Waals surface area contributed by atoms with Gasteiger partial charge in [-0.05, 0) is 25.7 Å². The number of unbranched alkanes of at least 4 members (excludes halogenated alkanes) is 3. The fourth-order valence-electron chi connectivity index (χ4n) is 3.19. The van der Waals surface area contributed by atoms with Crippen LogP contribution in [-0.4, -0.2) is 21.3 Å². The van der Waals surface area contributed by atoms with E-state index in [1.807, 2.05) is 4.68 Å². The minimum Gasteiger partial charge on any atom is -0.299 e. The molecule has 1 fully saturated rings. The molecular formula is C19H28N4O. The molecule has 1 atom stereocenters. The van der Waals surface area contributed by atoms with Gasteiger partial charge in [-0.3, -0.25) is 4.79 Å². The second kappa shape index (κ2) is 9.36. The number of carbonyl (C=O) groups excluding carboxylic acids is 1. The average Bonchev–Trinajstić information content (AvgIpc) is 2.96. The number of hydrogen-bond donors (Lipinski definition) is 0. The topological polar surface area (TPSA) is 71.0 Å². The Balaban J connectivity index is 2.09. The first-order chi connectivity index (χ1) is 11.7. The summed E-state index contributed by atoms with van der Waals surface area (Å²) in [6.07, 6.45) is 10.3. The summed E-state index contributed by atoms with van der Waals surface area (Å²) >= 11 is 0. The molecule has 0 spiro atoms. The predicted octanol–water partition coefficient (Wildman–Crippen LogP) is 4.58. The van der Waals surface area contributed by atoms with Crippen LogP contribution in [0.1, 0.15) is 77.2 Å². The molecule has 0 amide bonds. The number of hydrogen-bond acceptors (Lipinski definition) is 4. The number of nitrogens with zero attached hydrogens (tertiary/aromatic N) is 4. The maximum Gasteiger partial charge on any atom is 0.168 e. The number of rotatable bonds is 8. The third kappa shape index (κ3) is 4.77. The average molecular weight is 328 g/mol. The third-order valence-corrected chi connectivity index (χ3v) is 4.69. The minimum atomic E-state index is 0.203. The molecule has 1 aromatic heterocycles. The van der Waals surface area contributed by atoms with Gasteiger partial charge in [0.25, 0.3) is 0 Å². The summed E-state index contributed by atoms with van der Waals surface area (Å²) in [5, 5.41) is 13.6. The van der Waals surface area contributed by atoms with E-state index < -0.39 is 0 Å². The molecule has 24 heavy (non-hydrogen) atoms. The molecule has 1 unspecified atom stereocenters. The van der Waals surface area contributed by atoms with Gasteiger partial charge in [-0.2, -0.15) is 10.4 Å². The molecule has 0 aromatic carbocycles. The van der Waals surface area contributed by atoms with Crippen molar-refractivity contribution in [2.24, 2.45) is 10.9 Å². The van der Waals surface area contributed by atoms with Crippen molar-refractivity contribution >= 4 is 17.3 Å². The van der Waals surface area contributed by atoms with Crippen LogP contribution in [0.3, 0.4) is 0 Å². The molecule has 1 heterocycles. The largest absolute Gasteiger partial charge is 0.299 e. The molecule has 130 valence electrons. The fraction of sp³-hybridized carbons (Fsp3) is 0.684. The first-order valence-corrected chi connectivity index (χ1v) is 9.24. The number of aryl methyl sites for hydroxylation is 1. The van der Waals surface area contributed by atoms with E-state index in [1.54, 1.807) is 6.20 Å². The van der Waals surface area contributed by atoms with Crippen LogP contribution in [-0.2, 0) is 11.3 Å². The van der Waals surface area contributed by atoms with Crippen LogP contribution in [0.4, 0.5) is 5.82 Å². The van der Waals surface area contributed by atoms with Crippen LogP contribution in [0.5, 0.6) is 0 Å². The van der Waals surface area contributed by atoms with Gasteiger partial charge < -0.3 is 0 Å². The maximum absolute atomic E-state index is 12.3. The highest BCUT2D eigenvalue weighted by molar-refractivity contribution is 6.05. The SMILES string of the molecule is CCCCCn1ncc(C#N)c1N=C1CCC(CCCC)C(=O)C1. The zero-order valence-corrected chi connectivity index (χ0v) is 14.9. The van der Waals surface area contributed by atoms with Crippen molar-refractivity contribution in [1.82, 2.24) is 9.78 Å². The number of carbonyl (C=O) groups is 1. The molecule has 1 aliphatic carbocycles. The van der Waals surface area contributed by atoms with Gasteiger partial charge in [0.05, 0.1) is 6.20 Å². The second-order valence-electron chi connectivity index (χ2n) is 6.62. The van der Waals surface area contributed by atoms with Crippen LogP contribution in [0.2, 0.25) is 0 Å². The Morgan fingerprint density at radius 1 is 1.33 bits per heavy atom. The summed E-state index contributed by atoms with van der Waals surface area (Å²) in [6, 6.07) is 2.17. The minimum absolute atomic E-state index is 0.203. The fourth-order valence-corrected chi connectivity index (χ4v) is 3.19. The Morgan fingerprint density at radius 2 is 2.12 bits per heavy atom. The number of Topliss-reactive ketones (excluding diaryl/α,β-unsaturated/α-hetero) is 1. The summed E-state index contributed by atoms with van der Waals surface area (Å²) < 4.78 is 1.81. The maximum atomic E-state index is 12.3. The summed E-state index contributed by atoms with van der Waals surface area (Å²) in [5.41, 5.74) is 1.40. The van der Waals surface area contributed by atoms with Gasteiger partial charge in [-0.15, -0.1) is 0 Å². The number of ketones is 1. The van der Waals surface area contributed by atoms with E-state index in [0.717, 1.165) is 63.6 Å². The summed E-state index contributed by atoms with van der Waals surface area (Å²) in [4.78, 5) is 17.0. The van der Waals surface area contributed by atoms with Gasteiger partial charge in [-0.25, -0.2) is 9.67 Å². The summed E-state index contributed by atoms with van der Waals surface area (Å²) in [5.74, 6) is 1.14. The highest BCUT2D eigenvalue weighted by atomic mass is 16.1. The standard InChI is InChI=1S/C19H28N4O/c1-3-5-7-11-23-19(16(13-20)14-21-23)22-17-10-9-15(8-6-4-2)18(24)12-17/h14-15H,3-12H2,1-2H3. The molecule has 2 rings (SSSR count). The van der Waals surface area contributed by atoms with Crippen molar-refractivity contribution in [1.29, 1.82) is 5.26 Å². The van der Waals surface area contributed by atoms with E-state index in [1.165, 1.54) is 0 Å². The van der Waals surface area contributed by atoms with Crippen LogP contribution in [0.15, 0.2) is 11.2 Å². The van der Waals surface area contributed by atoms with Gasteiger partial charge in [0, 0.05) is 24.6 Å². The van der Waals surface area contributed by atoms with E-state index >= 15 is 0 Å². The van der Waals surface area contributed by atoms with Gasteiger partial charge in [0.15, 0.2) is 5.82 Å². The Morgan fingerprint density at radius 3 is 2.79 bits per heavy atom. The molecule has 5 nitrogen and oxygen atoms in total. The van der Waals surface area contributed by atoms with Crippen molar-refractivity contribution in [2.45, 2.75) is 78.2 Å². The highest BCUT2D eigenvalue weighted by Crippen LogP contribution is 2.27. The summed E-state index contributed by atoms with van der Waals surface area (Å²) in [7, 11) is 0. The van der Waals surface area contributed by atoms with Gasteiger partial charge in [0.2, 0.25) is 0 Å². The molecule has 1 aliphatic rings. The smallest absolute Gasteiger partial charge is 0.168 e. The lowest BCUT2D eigenvalue weighted by atomic mass is 9.83. The molecule has 0 radical (unpaired) electrons. The van der Waals surface area contributed by atoms with E-state index in [2.05, 4.69) is 30.0 Å². The van der Waals surface area contributed by atoms with Crippen LogP contribution in [0, 0.1) is 17.2 Å². The molecule has 1 aromatic rings. The lowest BCUT2D eigenvalue weighted by Gasteiger charge is -2.21. The summed E-state index contributed by atoms with van der Waals surface area (Å²) in [6.45, 7) is 5.09. The van der Waals surface area contributed by atoms with E-state index in [9.17, 15) is 10.1 Å². The molecule has 0 N–H and O–H groups in total. The lowest BCUT2D eigenvalue weighted by molar-refractivity contribution is -0.122. The van der Waals surface area contributed by atoms with E-state index in [0.29, 0.717) is 23.6 Å². The first kappa shape index (κ1) is 18.4. The van der Waals surface area contributed by atoms with E-state index in [-0.39, 0.29) is 5.92 Å². The Bertz CT molecular complexity index is 624. The Labute approximate surface area is 144 Å². The molecule has 0 aliphatic heterocycles. The molecule has 1 saturated carbocycles. The normalized spacial score (nSPS) is 19.6. The zero-order valence-electron chi connectivity index (χ0n) is 14.9. The number of aromatic nitrogens is 2. The van der Waals surface area contributed by atoms with Crippen LogP contribution in [0.25, 0.3) is 0 Å². The zero-order chi connectivity index (χ0) is 17.4. The second-order valence-corrected chi connectivity index (χ2v) is 6.62.